The van der Waals surface area contributed by atoms with Crippen LogP contribution in [0.25, 0.3) is 0 Å². The van der Waals surface area contributed by atoms with E-state index in [2.05, 4.69) is 4.98 Å². The number of carbonyl (C=O) groups is 1. The van der Waals surface area contributed by atoms with E-state index in [4.69, 9.17) is 5.73 Å². The van der Waals surface area contributed by atoms with Crippen molar-refractivity contribution < 1.29 is 4.79 Å². The average Bonchev–Trinajstić information content (AvgIpc) is 2.73. The third kappa shape index (κ3) is 1.39. The average molecular weight is 244 g/mol. The number of ketones is 1. The highest BCUT2D eigenvalue weighted by molar-refractivity contribution is 5.99. The predicted molar refractivity (Wildman–Crippen MR) is 70.1 cm³/mol. The molecule has 1 aromatic rings. The zero-order valence-corrected chi connectivity index (χ0v) is 10.6. The largest absolute Gasteiger partial charge is 0.385 e. The standard InChI is InChI=1S/C15H20N2O/c16-13-2-1-12(17-13)14(18)15-6-9-3-10(7-15)5-11(4-9)8-15/h1-2,9-11,17H,3-8,16H2. The molecule has 18 heavy (non-hydrogen) atoms. The van der Waals surface area contributed by atoms with Crippen LogP contribution in [0.5, 0.6) is 0 Å². The van der Waals surface area contributed by atoms with Gasteiger partial charge in [0, 0.05) is 5.41 Å². The fourth-order valence-corrected chi connectivity index (χ4v) is 5.22. The van der Waals surface area contributed by atoms with Crippen LogP contribution >= 0.6 is 0 Å². The minimum absolute atomic E-state index is 0.0496. The van der Waals surface area contributed by atoms with Crippen molar-refractivity contribution in [1.29, 1.82) is 0 Å². The Kier molecular flexibility index (Phi) is 2.01. The van der Waals surface area contributed by atoms with Crippen molar-refractivity contribution in [3.8, 4) is 0 Å². The lowest BCUT2D eigenvalue weighted by molar-refractivity contribution is -0.0355. The topological polar surface area (TPSA) is 58.9 Å². The molecule has 4 saturated carbocycles. The minimum atomic E-state index is -0.0496. The van der Waals surface area contributed by atoms with Gasteiger partial charge in [0.2, 0.25) is 0 Å². The number of nitrogen functional groups attached to an aromatic ring is 1. The van der Waals surface area contributed by atoms with E-state index in [0.29, 0.717) is 11.6 Å². The Bertz CT molecular complexity index is 467. The van der Waals surface area contributed by atoms with Crippen LogP contribution < -0.4 is 5.73 Å². The first kappa shape index (κ1) is 10.7. The third-order valence-electron chi connectivity index (χ3n) is 5.47. The van der Waals surface area contributed by atoms with Crippen LogP contribution in [0.4, 0.5) is 5.82 Å². The zero-order valence-electron chi connectivity index (χ0n) is 10.6. The number of nitrogens with one attached hydrogen (secondary N) is 1. The Hall–Kier alpha value is -1.25. The fourth-order valence-electron chi connectivity index (χ4n) is 5.22. The number of anilines is 1. The van der Waals surface area contributed by atoms with E-state index in [1.807, 2.05) is 6.07 Å². The van der Waals surface area contributed by atoms with E-state index in [-0.39, 0.29) is 5.41 Å². The van der Waals surface area contributed by atoms with Gasteiger partial charge in [-0.2, -0.15) is 0 Å². The number of nitrogens with two attached hydrogens (primary N) is 1. The van der Waals surface area contributed by atoms with Gasteiger partial charge >= 0.3 is 0 Å². The van der Waals surface area contributed by atoms with Crippen molar-refractivity contribution in [3.05, 3.63) is 17.8 Å². The molecule has 0 atom stereocenters. The van der Waals surface area contributed by atoms with Gasteiger partial charge in [0.05, 0.1) is 5.69 Å². The molecule has 0 saturated heterocycles. The maximum absolute atomic E-state index is 12.8. The van der Waals surface area contributed by atoms with Gasteiger partial charge < -0.3 is 10.7 Å². The lowest BCUT2D eigenvalue weighted by atomic mass is 9.48. The predicted octanol–water partition coefficient (Wildman–Crippen LogP) is 3.00. The molecule has 3 N–H and O–H groups in total. The Labute approximate surface area is 107 Å². The second-order valence-electron chi connectivity index (χ2n) is 6.85. The molecular formula is C15H20N2O. The maximum atomic E-state index is 12.8. The van der Waals surface area contributed by atoms with Crippen molar-refractivity contribution in [1.82, 2.24) is 4.98 Å². The highest BCUT2D eigenvalue weighted by Crippen LogP contribution is 2.60. The lowest BCUT2D eigenvalue weighted by Gasteiger charge is -2.55. The van der Waals surface area contributed by atoms with Gasteiger partial charge in [0.15, 0.2) is 5.78 Å². The second kappa shape index (κ2) is 3.40. The normalized spacial score (nSPS) is 41.2. The molecule has 0 unspecified atom stereocenters. The molecule has 3 nitrogen and oxygen atoms in total. The Morgan fingerprint density at radius 1 is 1.11 bits per heavy atom. The fraction of sp³-hybridized carbons (Fsp3) is 0.667. The first-order valence-electron chi connectivity index (χ1n) is 7.14. The molecule has 3 heteroatoms. The Balaban J connectivity index is 1.69. The zero-order chi connectivity index (χ0) is 12.3. The molecule has 0 amide bonds. The first-order chi connectivity index (χ1) is 8.64. The number of carbonyl (C=O) groups excluding carboxylic acids is 1. The lowest BCUT2D eigenvalue weighted by Crippen LogP contribution is -2.50. The van der Waals surface area contributed by atoms with Crippen LogP contribution in [0, 0.1) is 23.2 Å². The Morgan fingerprint density at radius 2 is 1.67 bits per heavy atom. The van der Waals surface area contributed by atoms with Gasteiger partial charge in [-0.05, 0) is 68.4 Å². The summed E-state index contributed by atoms with van der Waals surface area (Å²) in [6.07, 6.45) is 7.49. The number of Topliss-reactive ketones (excluding diaryl/α,β-unsaturated/α-hetero) is 1. The van der Waals surface area contributed by atoms with Crippen LogP contribution in [0.2, 0.25) is 0 Å². The van der Waals surface area contributed by atoms with E-state index in [9.17, 15) is 4.79 Å². The van der Waals surface area contributed by atoms with Gasteiger partial charge in [0.25, 0.3) is 0 Å². The SMILES string of the molecule is Nc1ccc(C(=O)C23CC4CC(CC(C4)C2)C3)[nH]1. The smallest absolute Gasteiger partial charge is 0.185 e. The summed E-state index contributed by atoms with van der Waals surface area (Å²) in [6.45, 7) is 0. The molecule has 0 aliphatic heterocycles. The van der Waals surface area contributed by atoms with Crippen molar-refractivity contribution in [2.45, 2.75) is 38.5 Å². The van der Waals surface area contributed by atoms with Gasteiger partial charge in [-0.25, -0.2) is 0 Å². The highest BCUT2D eigenvalue weighted by atomic mass is 16.1. The summed E-state index contributed by atoms with van der Waals surface area (Å²) >= 11 is 0. The quantitative estimate of drug-likeness (QED) is 0.786. The summed E-state index contributed by atoms with van der Waals surface area (Å²) in [4.78, 5) is 15.9. The molecule has 0 aromatic carbocycles. The molecular weight excluding hydrogens is 224 g/mol. The van der Waals surface area contributed by atoms with Crippen LogP contribution in [0.15, 0.2) is 12.1 Å². The van der Waals surface area contributed by atoms with Gasteiger partial charge in [-0.3, -0.25) is 4.79 Å². The maximum Gasteiger partial charge on any atom is 0.185 e. The van der Waals surface area contributed by atoms with Gasteiger partial charge in [-0.15, -0.1) is 0 Å². The Morgan fingerprint density at radius 3 is 2.11 bits per heavy atom. The number of hydrogen-bond acceptors (Lipinski definition) is 2. The van der Waals surface area contributed by atoms with E-state index in [1.54, 1.807) is 6.07 Å². The van der Waals surface area contributed by atoms with Gasteiger partial charge in [0.1, 0.15) is 5.82 Å². The minimum Gasteiger partial charge on any atom is -0.385 e. The molecule has 96 valence electrons. The van der Waals surface area contributed by atoms with Crippen molar-refractivity contribution >= 4 is 11.6 Å². The summed E-state index contributed by atoms with van der Waals surface area (Å²) in [5, 5.41) is 0. The molecule has 1 heterocycles. The highest BCUT2D eigenvalue weighted by Gasteiger charge is 2.54. The number of rotatable bonds is 2. The van der Waals surface area contributed by atoms with Crippen molar-refractivity contribution in [2.75, 3.05) is 5.73 Å². The molecule has 4 aliphatic carbocycles. The summed E-state index contributed by atoms with van der Waals surface area (Å²) in [7, 11) is 0. The number of hydrogen-bond donors (Lipinski definition) is 2. The molecule has 0 spiro atoms. The molecule has 4 aliphatic rings. The molecule has 0 radical (unpaired) electrons. The molecule has 5 rings (SSSR count). The van der Waals surface area contributed by atoms with Gasteiger partial charge in [-0.1, -0.05) is 0 Å². The van der Waals surface area contributed by atoms with E-state index >= 15 is 0 Å². The number of aromatic nitrogens is 1. The monoisotopic (exact) mass is 244 g/mol. The summed E-state index contributed by atoms with van der Waals surface area (Å²) in [5.74, 6) is 3.37. The summed E-state index contributed by atoms with van der Waals surface area (Å²) in [6, 6.07) is 3.66. The van der Waals surface area contributed by atoms with Crippen LogP contribution in [-0.4, -0.2) is 10.8 Å². The number of H-pyrrole nitrogens is 1. The first-order valence-corrected chi connectivity index (χ1v) is 7.14. The number of aromatic amines is 1. The van der Waals surface area contributed by atoms with Crippen LogP contribution in [-0.2, 0) is 0 Å². The van der Waals surface area contributed by atoms with E-state index in [1.165, 1.54) is 19.3 Å². The van der Waals surface area contributed by atoms with Crippen molar-refractivity contribution in [3.63, 3.8) is 0 Å². The van der Waals surface area contributed by atoms with Crippen molar-refractivity contribution in [2.24, 2.45) is 23.2 Å². The molecule has 4 bridgehead atoms. The van der Waals surface area contributed by atoms with E-state index < -0.39 is 0 Å². The molecule has 4 fully saturated rings. The van der Waals surface area contributed by atoms with Crippen LogP contribution in [0.1, 0.15) is 49.0 Å². The molecule has 1 aromatic heterocycles. The summed E-state index contributed by atoms with van der Waals surface area (Å²) < 4.78 is 0. The van der Waals surface area contributed by atoms with Crippen LogP contribution in [0.3, 0.4) is 0 Å². The second-order valence-corrected chi connectivity index (χ2v) is 6.85. The summed E-state index contributed by atoms with van der Waals surface area (Å²) in [5.41, 5.74) is 6.38. The van der Waals surface area contributed by atoms with E-state index in [0.717, 1.165) is 42.7 Å². The third-order valence-corrected chi connectivity index (χ3v) is 5.47.